The van der Waals surface area contributed by atoms with Crippen LogP contribution in [0.2, 0.25) is 5.02 Å². The highest BCUT2D eigenvalue weighted by Gasteiger charge is 2.31. The summed E-state index contributed by atoms with van der Waals surface area (Å²) in [6, 6.07) is 11.8. The molecule has 172 valence electrons. The van der Waals surface area contributed by atoms with Crippen molar-refractivity contribution in [2.24, 2.45) is 0 Å². The quantitative estimate of drug-likeness (QED) is 0.642. The third-order valence-electron chi connectivity index (χ3n) is 5.72. The van der Waals surface area contributed by atoms with Gasteiger partial charge < -0.3 is 14.7 Å². The minimum absolute atomic E-state index is 0.0462. The third-order valence-corrected chi connectivity index (χ3v) is 5.96. The summed E-state index contributed by atoms with van der Waals surface area (Å²) in [6.07, 6.45) is 0.724. The van der Waals surface area contributed by atoms with Gasteiger partial charge in [-0.3, -0.25) is 9.69 Å². The van der Waals surface area contributed by atoms with Crippen molar-refractivity contribution in [1.29, 1.82) is 0 Å². The number of nitrogens with zero attached hydrogens (tertiary/aromatic N) is 2. The topological polar surface area (TPSA) is 70.1 Å². The molecule has 1 saturated heterocycles. The first-order valence-electron chi connectivity index (χ1n) is 10.6. The first-order chi connectivity index (χ1) is 15.2. The molecule has 1 aliphatic rings. The van der Waals surface area contributed by atoms with Crippen LogP contribution >= 0.6 is 11.6 Å². The summed E-state index contributed by atoms with van der Waals surface area (Å²) in [5, 5.41) is 9.31. The van der Waals surface area contributed by atoms with E-state index in [-0.39, 0.29) is 23.8 Å². The zero-order chi connectivity index (χ0) is 23.3. The molecule has 8 heteroatoms. The molecule has 2 atom stereocenters. The van der Waals surface area contributed by atoms with Crippen LogP contribution in [0.1, 0.15) is 31.4 Å². The molecular formula is C24H28ClFN2O4. The summed E-state index contributed by atoms with van der Waals surface area (Å²) in [5.74, 6) is -0.890. The SMILES string of the molecule is C[C@@H]1CN(Cc2ccc(F)cc2)[C@@H](C)CN1C(=O)CCc1ccc(Cl)cc1OCC(=O)O. The number of halogens is 2. The number of amides is 1. The van der Waals surface area contributed by atoms with E-state index in [0.29, 0.717) is 36.7 Å². The summed E-state index contributed by atoms with van der Waals surface area (Å²) in [4.78, 5) is 28.0. The molecule has 0 radical (unpaired) electrons. The summed E-state index contributed by atoms with van der Waals surface area (Å²) < 4.78 is 18.5. The summed E-state index contributed by atoms with van der Waals surface area (Å²) in [6.45, 7) is 5.72. The van der Waals surface area contributed by atoms with Crippen LogP contribution in [-0.2, 0) is 22.6 Å². The standard InChI is InChI=1S/C24H28ClFN2O4/c1-16-13-28(17(2)12-27(16)14-18-3-8-21(26)9-4-18)23(29)10-6-19-5-7-20(25)11-22(19)32-15-24(30)31/h3-5,7-9,11,16-17H,6,10,12-15H2,1-2H3,(H,30,31)/t16-,17+/m0/s1. The highest BCUT2D eigenvalue weighted by Crippen LogP contribution is 2.26. The maximum Gasteiger partial charge on any atom is 0.341 e. The van der Waals surface area contributed by atoms with E-state index in [1.165, 1.54) is 12.1 Å². The lowest BCUT2D eigenvalue weighted by atomic mass is 10.0. The minimum atomic E-state index is -1.08. The Labute approximate surface area is 192 Å². The predicted molar refractivity (Wildman–Crippen MR) is 120 cm³/mol. The van der Waals surface area contributed by atoms with Crippen molar-refractivity contribution in [2.75, 3.05) is 19.7 Å². The summed E-state index contributed by atoms with van der Waals surface area (Å²) in [7, 11) is 0. The van der Waals surface area contributed by atoms with Gasteiger partial charge in [0.25, 0.3) is 0 Å². The van der Waals surface area contributed by atoms with Crippen LogP contribution in [0.25, 0.3) is 0 Å². The van der Waals surface area contributed by atoms with E-state index >= 15 is 0 Å². The lowest BCUT2D eigenvalue weighted by molar-refractivity contribution is -0.139. The van der Waals surface area contributed by atoms with Gasteiger partial charge in [0.05, 0.1) is 0 Å². The van der Waals surface area contributed by atoms with Crippen molar-refractivity contribution >= 4 is 23.5 Å². The molecule has 2 aromatic rings. The first kappa shape index (κ1) is 24.0. The van der Waals surface area contributed by atoms with Gasteiger partial charge in [0.1, 0.15) is 11.6 Å². The number of aryl methyl sites for hydroxylation is 1. The largest absolute Gasteiger partial charge is 0.482 e. The van der Waals surface area contributed by atoms with E-state index < -0.39 is 12.6 Å². The number of carbonyl (C=O) groups excluding carboxylic acids is 1. The molecule has 0 spiro atoms. The molecule has 0 aliphatic carbocycles. The van der Waals surface area contributed by atoms with Crippen LogP contribution in [0, 0.1) is 5.82 Å². The number of carboxylic acids is 1. The molecule has 1 aliphatic heterocycles. The average molecular weight is 463 g/mol. The maximum absolute atomic E-state index is 13.2. The Hall–Kier alpha value is -2.64. The minimum Gasteiger partial charge on any atom is -0.482 e. The average Bonchev–Trinajstić information content (AvgIpc) is 2.75. The monoisotopic (exact) mass is 462 g/mol. The molecule has 1 heterocycles. The second-order valence-corrected chi connectivity index (χ2v) is 8.67. The fourth-order valence-corrected chi connectivity index (χ4v) is 4.15. The Bertz CT molecular complexity index is 954. The highest BCUT2D eigenvalue weighted by atomic mass is 35.5. The maximum atomic E-state index is 13.2. The second kappa shape index (κ2) is 10.8. The molecule has 0 aromatic heterocycles. The van der Waals surface area contributed by atoms with Crippen molar-refractivity contribution in [3.8, 4) is 5.75 Å². The Morgan fingerprint density at radius 3 is 2.53 bits per heavy atom. The van der Waals surface area contributed by atoms with Crippen LogP contribution in [0.15, 0.2) is 42.5 Å². The van der Waals surface area contributed by atoms with Crippen LogP contribution in [0.3, 0.4) is 0 Å². The lowest BCUT2D eigenvalue weighted by Crippen LogP contribution is -2.57. The van der Waals surface area contributed by atoms with Gasteiger partial charge in [-0.15, -0.1) is 0 Å². The van der Waals surface area contributed by atoms with Crippen LogP contribution < -0.4 is 4.74 Å². The van der Waals surface area contributed by atoms with Gasteiger partial charge in [0.2, 0.25) is 5.91 Å². The molecule has 0 saturated carbocycles. The van der Waals surface area contributed by atoms with Gasteiger partial charge in [0, 0.05) is 43.2 Å². The number of benzene rings is 2. The number of rotatable bonds is 8. The molecule has 6 nitrogen and oxygen atoms in total. The molecule has 32 heavy (non-hydrogen) atoms. The zero-order valence-electron chi connectivity index (χ0n) is 18.3. The molecule has 1 fully saturated rings. The van der Waals surface area contributed by atoms with Crippen molar-refractivity contribution in [2.45, 2.75) is 45.3 Å². The van der Waals surface area contributed by atoms with Crippen molar-refractivity contribution in [3.05, 3.63) is 64.4 Å². The van der Waals surface area contributed by atoms with E-state index in [1.807, 2.05) is 11.8 Å². The Morgan fingerprint density at radius 1 is 1.12 bits per heavy atom. The van der Waals surface area contributed by atoms with E-state index in [9.17, 15) is 14.0 Å². The fraction of sp³-hybridized carbons (Fsp3) is 0.417. The summed E-state index contributed by atoms with van der Waals surface area (Å²) in [5.41, 5.74) is 1.79. The van der Waals surface area contributed by atoms with Gasteiger partial charge in [-0.2, -0.15) is 0 Å². The summed E-state index contributed by atoms with van der Waals surface area (Å²) >= 11 is 6.01. The normalized spacial score (nSPS) is 19.1. The van der Waals surface area contributed by atoms with Gasteiger partial charge in [-0.25, -0.2) is 9.18 Å². The van der Waals surface area contributed by atoms with Crippen molar-refractivity contribution < 1.29 is 23.8 Å². The fourth-order valence-electron chi connectivity index (χ4n) is 3.98. The number of hydrogen-bond acceptors (Lipinski definition) is 4. The molecule has 0 unspecified atom stereocenters. The zero-order valence-corrected chi connectivity index (χ0v) is 19.0. The van der Waals surface area contributed by atoms with Crippen LogP contribution in [0.5, 0.6) is 5.75 Å². The van der Waals surface area contributed by atoms with Gasteiger partial charge in [-0.05, 0) is 55.7 Å². The number of aliphatic carboxylic acids is 1. The number of piperazine rings is 1. The number of ether oxygens (including phenoxy) is 1. The molecule has 3 rings (SSSR count). The lowest BCUT2D eigenvalue weighted by Gasteiger charge is -2.44. The first-order valence-corrected chi connectivity index (χ1v) is 11.0. The van der Waals surface area contributed by atoms with Crippen LogP contribution in [-0.4, -0.2) is 58.6 Å². The van der Waals surface area contributed by atoms with E-state index in [0.717, 1.165) is 17.7 Å². The van der Waals surface area contributed by atoms with E-state index in [1.54, 1.807) is 30.3 Å². The highest BCUT2D eigenvalue weighted by molar-refractivity contribution is 6.30. The van der Waals surface area contributed by atoms with Gasteiger partial charge >= 0.3 is 5.97 Å². The van der Waals surface area contributed by atoms with Gasteiger partial charge in [-0.1, -0.05) is 29.8 Å². The van der Waals surface area contributed by atoms with E-state index in [4.69, 9.17) is 21.4 Å². The van der Waals surface area contributed by atoms with Crippen molar-refractivity contribution in [1.82, 2.24) is 9.80 Å². The number of hydrogen-bond donors (Lipinski definition) is 1. The second-order valence-electron chi connectivity index (χ2n) is 8.23. The molecule has 1 N–H and O–H groups in total. The molecule has 1 amide bonds. The van der Waals surface area contributed by atoms with Gasteiger partial charge in [0.15, 0.2) is 6.61 Å². The number of carbonyl (C=O) groups is 2. The molecule has 0 bridgehead atoms. The Morgan fingerprint density at radius 2 is 1.84 bits per heavy atom. The van der Waals surface area contributed by atoms with Crippen LogP contribution in [0.4, 0.5) is 4.39 Å². The van der Waals surface area contributed by atoms with E-state index in [2.05, 4.69) is 11.8 Å². The third kappa shape index (κ3) is 6.43. The molecular weight excluding hydrogens is 435 g/mol. The number of carboxylic acid groups (broad SMARTS) is 1. The van der Waals surface area contributed by atoms with Crippen molar-refractivity contribution in [3.63, 3.8) is 0 Å². The Kier molecular flexibility index (Phi) is 8.10. The Balaban J connectivity index is 1.58. The smallest absolute Gasteiger partial charge is 0.341 e. The molecule has 2 aromatic carbocycles. The predicted octanol–water partition coefficient (Wildman–Crippen LogP) is 4.00.